The van der Waals surface area contributed by atoms with Crippen molar-refractivity contribution < 1.29 is 9.53 Å². The Morgan fingerprint density at radius 3 is 2.72 bits per heavy atom. The molecule has 0 saturated carbocycles. The lowest BCUT2D eigenvalue weighted by molar-refractivity contribution is 0.102. The van der Waals surface area contributed by atoms with Gasteiger partial charge in [0.15, 0.2) is 10.9 Å². The molecule has 136 valence electrons. The van der Waals surface area contributed by atoms with Gasteiger partial charge in [0.05, 0.1) is 5.75 Å². The average Bonchev–Trinajstić information content (AvgIpc) is 2.91. The lowest BCUT2D eigenvalue weighted by Gasteiger charge is -2.08. The van der Waals surface area contributed by atoms with E-state index in [1.165, 1.54) is 11.6 Å². The highest BCUT2D eigenvalue weighted by Gasteiger charge is 2.19. The first-order valence-electron chi connectivity index (χ1n) is 7.25. The van der Waals surface area contributed by atoms with Crippen LogP contribution in [-0.2, 0) is 18.3 Å². The number of Topliss-reactive ketones (excluding diaryl/α,β-unsaturated/α-hetero) is 1. The molecule has 4 N–H and O–H groups in total. The highest BCUT2D eigenvalue weighted by atomic mass is 32.2. The van der Waals surface area contributed by atoms with Crippen LogP contribution < -0.4 is 22.7 Å². The number of thioether (sulfide) groups is 1. The SMILES string of the molecule is COCCCn1c(SCC(=O)c2c(N)n(C)c(=O)[nH]c2=O)n[nH]c1=O. The van der Waals surface area contributed by atoms with E-state index in [-0.39, 0.29) is 17.1 Å². The Kier molecular flexibility index (Phi) is 5.98. The van der Waals surface area contributed by atoms with Crippen LogP contribution in [0.15, 0.2) is 19.5 Å². The Balaban J connectivity index is 2.17. The number of carbonyl (C=O) groups is 1. The van der Waals surface area contributed by atoms with Crippen LogP contribution in [0.4, 0.5) is 5.82 Å². The van der Waals surface area contributed by atoms with E-state index in [9.17, 15) is 19.2 Å². The van der Waals surface area contributed by atoms with Crippen LogP contribution >= 0.6 is 11.8 Å². The number of nitrogens with zero attached hydrogens (tertiary/aromatic N) is 3. The number of ether oxygens (including phenoxy) is 1. The van der Waals surface area contributed by atoms with Crippen molar-refractivity contribution in [2.45, 2.75) is 18.1 Å². The largest absolute Gasteiger partial charge is 0.385 e. The predicted molar refractivity (Wildman–Crippen MR) is 91.1 cm³/mol. The van der Waals surface area contributed by atoms with E-state index in [1.54, 1.807) is 7.11 Å². The fraction of sp³-hybridized carbons (Fsp3) is 0.462. The number of aromatic nitrogens is 5. The number of methoxy groups -OCH3 is 1. The minimum Gasteiger partial charge on any atom is -0.385 e. The van der Waals surface area contributed by atoms with Crippen molar-refractivity contribution in [3.05, 3.63) is 36.9 Å². The monoisotopic (exact) mass is 370 g/mol. The standard InChI is InChI=1S/C13H18N6O5S/c1-18-9(14)8(10(21)15-11(18)22)7(20)6-25-13-17-16-12(23)19(13)4-3-5-24-2/h3-6,14H2,1-2H3,(H,16,23)(H,15,21,22). The van der Waals surface area contributed by atoms with E-state index in [0.29, 0.717) is 24.7 Å². The van der Waals surface area contributed by atoms with Crippen molar-refractivity contribution in [1.82, 2.24) is 24.3 Å². The first-order valence-corrected chi connectivity index (χ1v) is 8.24. The van der Waals surface area contributed by atoms with Crippen molar-refractivity contribution in [3.8, 4) is 0 Å². The molecule has 2 heterocycles. The van der Waals surface area contributed by atoms with Gasteiger partial charge in [-0.15, -0.1) is 5.10 Å². The summed E-state index contributed by atoms with van der Waals surface area (Å²) >= 11 is 0.991. The molecular weight excluding hydrogens is 352 g/mol. The number of nitrogen functional groups attached to an aromatic ring is 1. The molecule has 2 aromatic heterocycles. The Morgan fingerprint density at radius 2 is 2.04 bits per heavy atom. The van der Waals surface area contributed by atoms with Crippen molar-refractivity contribution in [2.24, 2.45) is 7.05 Å². The first kappa shape index (κ1) is 18.7. The van der Waals surface area contributed by atoms with E-state index < -0.39 is 22.7 Å². The maximum atomic E-state index is 12.3. The van der Waals surface area contributed by atoms with Gasteiger partial charge < -0.3 is 10.5 Å². The van der Waals surface area contributed by atoms with Gasteiger partial charge in [0, 0.05) is 27.3 Å². The number of hydrogen-bond acceptors (Lipinski definition) is 8. The second kappa shape index (κ2) is 7.98. The molecule has 0 atom stereocenters. The minimum atomic E-state index is -0.842. The molecule has 0 fully saturated rings. The summed E-state index contributed by atoms with van der Waals surface area (Å²) in [6.07, 6.45) is 0.602. The maximum Gasteiger partial charge on any atom is 0.343 e. The molecular formula is C13H18N6O5S. The third-order valence-electron chi connectivity index (χ3n) is 3.43. The van der Waals surface area contributed by atoms with Gasteiger partial charge in [-0.2, -0.15) is 0 Å². The molecule has 0 amide bonds. The Morgan fingerprint density at radius 1 is 1.32 bits per heavy atom. The molecule has 12 heteroatoms. The van der Waals surface area contributed by atoms with Gasteiger partial charge >= 0.3 is 11.4 Å². The molecule has 0 bridgehead atoms. The zero-order valence-electron chi connectivity index (χ0n) is 13.7. The smallest absolute Gasteiger partial charge is 0.343 e. The lowest BCUT2D eigenvalue weighted by atomic mass is 10.2. The summed E-state index contributed by atoms with van der Waals surface area (Å²) in [4.78, 5) is 49.4. The number of ketones is 1. The maximum absolute atomic E-state index is 12.3. The summed E-state index contributed by atoms with van der Waals surface area (Å²) in [7, 11) is 2.90. The fourth-order valence-electron chi connectivity index (χ4n) is 2.09. The molecule has 0 aliphatic carbocycles. The number of nitrogens with two attached hydrogens (primary N) is 1. The van der Waals surface area contributed by atoms with Crippen molar-refractivity contribution in [2.75, 3.05) is 25.2 Å². The van der Waals surface area contributed by atoms with Crippen LogP contribution in [0.5, 0.6) is 0 Å². The minimum absolute atomic E-state index is 0.167. The zero-order valence-corrected chi connectivity index (χ0v) is 14.5. The van der Waals surface area contributed by atoms with E-state index in [1.807, 2.05) is 4.98 Å². The number of carbonyl (C=O) groups excluding carboxylic acids is 1. The number of hydrogen-bond donors (Lipinski definition) is 3. The van der Waals surface area contributed by atoms with Gasteiger partial charge in [-0.3, -0.25) is 23.7 Å². The molecule has 25 heavy (non-hydrogen) atoms. The summed E-state index contributed by atoms with van der Waals surface area (Å²) in [6, 6.07) is 0. The fourth-order valence-corrected chi connectivity index (χ4v) is 2.93. The normalized spacial score (nSPS) is 11.0. The molecule has 2 aromatic rings. The van der Waals surface area contributed by atoms with Gasteiger partial charge in [-0.05, 0) is 6.42 Å². The van der Waals surface area contributed by atoms with E-state index in [4.69, 9.17) is 10.5 Å². The number of aromatic amines is 2. The molecule has 0 aliphatic rings. The zero-order chi connectivity index (χ0) is 18.6. The highest BCUT2D eigenvalue weighted by molar-refractivity contribution is 7.99. The van der Waals surface area contributed by atoms with Gasteiger partial charge in [0.1, 0.15) is 11.4 Å². The average molecular weight is 370 g/mol. The molecule has 0 radical (unpaired) electrons. The molecule has 0 aromatic carbocycles. The van der Waals surface area contributed by atoms with Crippen LogP contribution in [-0.4, -0.2) is 49.6 Å². The van der Waals surface area contributed by atoms with E-state index >= 15 is 0 Å². The molecule has 11 nitrogen and oxygen atoms in total. The highest BCUT2D eigenvalue weighted by Crippen LogP contribution is 2.16. The number of rotatable bonds is 8. The summed E-state index contributed by atoms with van der Waals surface area (Å²) in [5, 5.41) is 6.49. The number of nitrogens with one attached hydrogen (secondary N) is 2. The van der Waals surface area contributed by atoms with Gasteiger partial charge in [-0.25, -0.2) is 14.7 Å². The van der Waals surface area contributed by atoms with Gasteiger partial charge in [0.25, 0.3) is 5.56 Å². The number of H-pyrrole nitrogens is 2. The molecule has 0 saturated heterocycles. The van der Waals surface area contributed by atoms with E-state index in [0.717, 1.165) is 16.3 Å². The second-order valence-corrected chi connectivity index (χ2v) is 6.04. The third-order valence-corrected chi connectivity index (χ3v) is 4.41. The van der Waals surface area contributed by atoms with E-state index in [2.05, 4.69) is 10.2 Å². The lowest BCUT2D eigenvalue weighted by Crippen LogP contribution is -2.35. The van der Waals surface area contributed by atoms with Crippen LogP contribution in [0.25, 0.3) is 0 Å². The van der Waals surface area contributed by atoms with Crippen LogP contribution in [0, 0.1) is 0 Å². The second-order valence-electron chi connectivity index (χ2n) is 5.10. The summed E-state index contributed by atoms with van der Waals surface area (Å²) in [5.41, 5.74) is 3.46. The molecule has 0 unspecified atom stereocenters. The third kappa shape index (κ3) is 4.09. The molecule has 0 spiro atoms. The summed E-state index contributed by atoms with van der Waals surface area (Å²) < 4.78 is 7.30. The Labute approximate surface area is 145 Å². The summed E-state index contributed by atoms with van der Waals surface area (Å²) in [5.74, 6) is -0.947. The topological polar surface area (TPSA) is 158 Å². The van der Waals surface area contributed by atoms with Gasteiger partial charge in [0.2, 0.25) is 0 Å². The van der Waals surface area contributed by atoms with Crippen molar-refractivity contribution in [1.29, 1.82) is 0 Å². The van der Waals surface area contributed by atoms with Crippen molar-refractivity contribution >= 4 is 23.4 Å². The quantitative estimate of drug-likeness (QED) is 0.289. The summed E-state index contributed by atoms with van der Waals surface area (Å²) in [6.45, 7) is 0.854. The molecule has 0 aliphatic heterocycles. The Bertz CT molecular complexity index is 940. The van der Waals surface area contributed by atoms with Crippen molar-refractivity contribution in [3.63, 3.8) is 0 Å². The predicted octanol–water partition coefficient (Wildman–Crippen LogP) is -1.45. The van der Waals surface area contributed by atoms with Crippen LogP contribution in [0.2, 0.25) is 0 Å². The van der Waals surface area contributed by atoms with Gasteiger partial charge in [-0.1, -0.05) is 11.8 Å². The van der Waals surface area contributed by atoms with Crippen LogP contribution in [0.1, 0.15) is 16.8 Å². The number of anilines is 1. The van der Waals surface area contributed by atoms with Crippen LogP contribution in [0.3, 0.4) is 0 Å². The first-order chi connectivity index (χ1) is 11.9. The molecule has 2 rings (SSSR count). The Hall–Kier alpha value is -2.60.